The number of nitrogens with zero attached hydrogens (tertiary/aromatic N) is 2. The molecule has 0 saturated carbocycles. The maximum absolute atomic E-state index is 12.5. The molecule has 6 nitrogen and oxygen atoms in total. The molecular weight excluding hydrogens is 388 g/mol. The predicted molar refractivity (Wildman–Crippen MR) is 126 cm³/mol. The van der Waals surface area contributed by atoms with E-state index in [1.54, 1.807) is 0 Å². The van der Waals surface area contributed by atoms with Gasteiger partial charge in [0.2, 0.25) is 11.8 Å². The number of hydrogen-bond donors (Lipinski definition) is 2. The second-order valence-corrected chi connectivity index (χ2v) is 9.17. The normalized spacial score (nSPS) is 21.8. The highest BCUT2D eigenvalue weighted by Crippen LogP contribution is 2.23. The number of unbranched alkanes of at least 4 members (excludes halogenated alkanes) is 3. The van der Waals surface area contributed by atoms with Gasteiger partial charge in [0.05, 0.1) is 12.5 Å². The third-order valence-corrected chi connectivity index (χ3v) is 6.57. The fraction of sp³-hybridized carbons (Fsp3) is 0.680. The fourth-order valence-electron chi connectivity index (χ4n) is 4.71. The van der Waals surface area contributed by atoms with Gasteiger partial charge in [-0.05, 0) is 50.3 Å². The van der Waals surface area contributed by atoms with Crippen molar-refractivity contribution in [2.24, 2.45) is 11.8 Å². The molecule has 2 atom stereocenters. The van der Waals surface area contributed by atoms with Gasteiger partial charge < -0.3 is 15.5 Å². The first kappa shape index (κ1) is 23.6. The molecule has 0 bridgehead atoms. The zero-order valence-electron chi connectivity index (χ0n) is 19.2. The largest absolute Gasteiger partial charge is 0.371 e. The van der Waals surface area contributed by atoms with E-state index in [-0.39, 0.29) is 17.7 Å². The highest BCUT2D eigenvalue weighted by molar-refractivity contribution is 5.80. The second-order valence-electron chi connectivity index (χ2n) is 9.17. The van der Waals surface area contributed by atoms with Crippen LogP contribution in [0.25, 0.3) is 0 Å². The predicted octanol–water partition coefficient (Wildman–Crippen LogP) is 3.04. The van der Waals surface area contributed by atoms with Crippen LogP contribution >= 0.6 is 0 Å². The van der Waals surface area contributed by atoms with E-state index in [0.717, 1.165) is 58.4 Å². The minimum atomic E-state index is 0.0157. The highest BCUT2D eigenvalue weighted by Gasteiger charge is 2.27. The van der Waals surface area contributed by atoms with E-state index in [1.807, 2.05) is 6.07 Å². The van der Waals surface area contributed by atoms with Crippen molar-refractivity contribution in [2.75, 3.05) is 50.7 Å². The topological polar surface area (TPSA) is 64.7 Å². The standard InChI is InChI=1S/C25H40N4O2/c1-2-3-4-8-14-26-25(31)22-10-9-15-28(19-22)20-24(30)27-17-21-13-16-29(18-21)23-11-6-5-7-12-23/h5-7,11-12,21-22H,2-4,8-10,13-20H2,1H3,(H,26,31)(H,27,30). The number of carbonyl (C=O) groups excluding carboxylic acids is 2. The van der Waals surface area contributed by atoms with Gasteiger partial charge in [-0.15, -0.1) is 0 Å². The first-order valence-electron chi connectivity index (χ1n) is 12.2. The van der Waals surface area contributed by atoms with Gasteiger partial charge >= 0.3 is 0 Å². The molecule has 1 aromatic carbocycles. The van der Waals surface area contributed by atoms with Crippen molar-refractivity contribution in [1.82, 2.24) is 15.5 Å². The lowest BCUT2D eigenvalue weighted by Crippen LogP contribution is -2.47. The quantitative estimate of drug-likeness (QED) is 0.532. The molecule has 2 aliphatic heterocycles. The van der Waals surface area contributed by atoms with Crippen molar-refractivity contribution in [2.45, 2.75) is 51.9 Å². The maximum atomic E-state index is 12.5. The van der Waals surface area contributed by atoms with Crippen LogP contribution in [0.1, 0.15) is 51.9 Å². The van der Waals surface area contributed by atoms with Crippen LogP contribution in [0, 0.1) is 11.8 Å². The van der Waals surface area contributed by atoms with E-state index < -0.39 is 0 Å². The summed E-state index contributed by atoms with van der Waals surface area (Å²) in [6.07, 6.45) is 7.69. The molecule has 6 heteroatoms. The smallest absolute Gasteiger partial charge is 0.234 e. The average Bonchev–Trinajstić information content (AvgIpc) is 3.27. The first-order chi connectivity index (χ1) is 15.2. The lowest BCUT2D eigenvalue weighted by Gasteiger charge is -2.31. The number of hydrogen-bond acceptors (Lipinski definition) is 4. The summed E-state index contributed by atoms with van der Waals surface area (Å²) in [6.45, 7) is 7.74. The van der Waals surface area contributed by atoms with E-state index >= 15 is 0 Å². The molecular formula is C25H40N4O2. The number of rotatable bonds is 11. The molecule has 2 heterocycles. The van der Waals surface area contributed by atoms with Gasteiger partial charge in [0.1, 0.15) is 0 Å². The van der Waals surface area contributed by atoms with Crippen LogP contribution in [0.2, 0.25) is 0 Å². The number of carbonyl (C=O) groups is 2. The Hall–Kier alpha value is -2.08. The zero-order chi connectivity index (χ0) is 21.9. The lowest BCUT2D eigenvalue weighted by atomic mass is 9.97. The van der Waals surface area contributed by atoms with E-state index in [0.29, 0.717) is 19.0 Å². The maximum Gasteiger partial charge on any atom is 0.234 e. The Morgan fingerprint density at radius 3 is 2.65 bits per heavy atom. The Labute approximate surface area is 187 Å². The van der Waals surface area contributed by atoms with Crippen LogP contribution in [0.4, 0.5) is 5.69 Å². The third-order valence-electron chi connectivity index (χ3n) is 6.57. The van der Waals surface area contributed by atoms with Crippen LogP contribution in [-0.2, 0) is 9.59 Å². The third kappa shape index (κ3) is 7.84. The van der Waals surface area contributed by atoms with Gasteiger partial charge in [-0.3, -0.25) is 14.5 Å². The van der Waals surface area contributed by atoms with E-state index in [9.17, 15) is 9.59 Å². The number of benzene rings is 1. The van der Waals surface area contributed by atoms with Gasteiger partial charge in [-0.1, -0.05) is 44.4 Å². The summed E-state index contributed by atoms with van der Waals surface area (Å²) >= 11 is 0. The van der Waals surface area contributed by atoms with Crippen LogP contribution < -0.4 is 15.5 Å². The number of piperidine rings is 1. The van der Waals surface area contributed by atoms with E-state index in [1.165, 1.54) is 24.9 Å². The van der Waals surface area contributed by atoms with Gasteiger partial charge in [0.25, 0.3) is 0 Å². The average molecular weight is 429 g/mol. The number of amides is 2. The van der Waals surface area contributed by atoms with E-state index in [2.05, 4.69) is 51.6 Å². The number of para-hydroxylation sites is 1. The first-order valence-corrected chi connectivity index (χ1v) is 12.2. The molecule has 172 valence electrons. The van der Waals surface area contributed by atoms with Gasteiger partial charge in [-0.25, -0.2) is 0 Å². The van der Waals surface area contributed by atoms with Crippen LogP contribution in [-0.4, -0.2) is 62.5 Å². The molecule has 0 aromatic heterocycles. The van der Waals surface area contributed by atoms with Crippen molar-refractivity contribution in [3.8, 4) is 0 Å². The summed E-state index contributed by atoms with van der Waals surface area (Å²) in [5, 5.41) is 6.23. The molecule has 2 N–H and O–H groups in total. The van der Waals surface area contributed by atoms with Crippen LogP contribution in [0.3, 0.4) is 0 Å². The molecule has 0 aliphatic carbocycles. The molecule has 1 aromatic rings. The molecule has 2 aliphatic rings. The molecule has 2 unspecified atom stereocenters. The van der Waals surface area contributed by atoms with Crippen molar-refractivity contribution in [3.05, 3.63) is 30.3 Å². The number of nitrogens with one attached hydrogen (secondary N) is 2. The molecule has 3 rings (SSSR count). The van der Waals surface area contributed by atoms with Crippen LogP contribution in [0.15, 0.2) is 30.3 Å². The minimum absolute atomic E-state index is 0.0157. The summed E-state index contributed by atoms with van der Waals surface area (Å²) in [4.78, 5) is 29.5. The highest BCUT2D eigenvalue weighted by atomic mass is 16.2. The number of anilines is 1. The second kappa shape index (κ2) is 12.7. The summed E-state index contributed by atoms with van der Waals surface area (Å²) in [7, 11) is 0. The number of likely N-dealkylation sites (tertiary alicyclic amines) is 1. The molecule has 2 amide bonds. The van der Waals surface area contributed by atoms with Gasteiger partial charge in [0, 0.05) is 38.4 Å². The zero-order valence-corrected chi connectivity index (χ0v) is 19.2. The molecule has 2 saturated heterocycles. The van der Waals surface area contributed by atoms with Crippen molar-refractivity contribution in [3.63, 3.8) is 0 Å². The van der Waals surface area contributed by atoms with Crippen molar-refractivity contribution in [1.29, 1.82) is 0 Å². The van der Waals surface area contributed by atoms with Crippen molar-refractivity contribution >= 4 is 17.5 Å². The summed E-state index contributed by atoms with van der Waals surface area (Å²) in [5.74, 6) is 0.756. The lowest BCUT2D eigenvalue weighted by molar-refractivity contribution is -0.129. The minimum Gasteiger partial charge on any atom is -0.371 e. The SMILES string of the molecule is CCCCCCNC(=O)C1CCCN(CC(=O)NCC2CCN(c3ccccc3)C2)C1. The monoisotopic (exact) mass is 428 g/mol. The molecule has 0 radical (unpaired) electrons. The van der Waals surface area contributed by atoms with Crippen molar-refractivity contribution < 1.29 is 9.59 Å². The fourth-order valence-corrected chi connectivity index (χ4v) is 4.71. The molecule has 31 heavy (non-hydrogen) atoms. The molecule has 2 fully saturated rings. The van der Waals surface area contributed by atoms with Gasteiger partial charge in [0.15, 0.2) is 0 Å². The summed E-state index contributed by atoms with van der Waals surface area (Å²) in [6, 6.07) is 10.5. The Morgan fingerprint density at radius 2 is 1.84 bits per heavy atom. The van der Waals surface area contributed by atoms with E-state index in [4.69, 9.17) is 0 Å². The van der Waals surface area contributed by atoms with Crippen LogP contribution in [0.5, 0.6) is 0 Å². The Kier molecular flexibility index (Phi) is 9.66. The Morgan fingerprint density at radius 1 is 1.00 bits per heavy atom. The molecule has 0 spiro atoms. The summed E-state index contributed by atoms with van der Waals surface area (Å²) < 4.78 is 0. The Bertz CT molecular complexity index is 681. The van der Waals surface area contributed by atoms with Gasteiger partial charge in [-0.2, -0.15) is 0 Å². The Balaban J connectivity index is 1.32. The summed E-state index contributed by atoms with van der Waals surface area (Å²) in [5.41, 5.74) is 1.26.